The molecule has 100 valence electrons. The monoisotopic (exact) mass is 291 g/mol. The van der Waals surface area contributed by atoms with Crippen molar-refractivity contribution in [3.05, 3.63) is 58.0 Å². The fourth-order valence-electron chi connectivity index (χ4n) is 1.67. The second-order valence-corrected chi connectivity index (χ2v) is 4.32. The second-order valence-electron chi connectivity index (χ2n) is 3.88. The predicted molar refractivity (Wildman–Crippen MR) is 70.2 cm³/mol. The summed E-state index contributed by atoms with van der Waals surface area (Å²) < 4.78 is 14.2. The van der Waals surface area contributed by atoms with Crippen LogP contribution in [0.15, 0.2) is 41.5 Å². The molecule has 6 nitrogen and oxygen atoms in total. The van der Waals surface area contributed by atoms with Gasteiger partial charge in [0.2, 0.25) is 0 Å². The molecule has 0 saturated carbocycles. The molecule has 0 saturated heterocycles. The van der Waals surface area contributed by atoms with Crippen molar-refractivity contribution < 1.29 is 4.39 Å². The van der Waals surface area contributed by atoms with E-state index in [2.05, 4.69) is 20.1 Å². The number of nitrogens with zero attached hydrogens (tertiary/aromatic N) is 4. The van der Waals surface area contributed by atoms with Crippen LogP contribution >= 0.6 is 11.6 Å². The van der Waals surface area contributed by atoms with Crippen LogP contribution in [-0.4, -0.2) is 24.7 Å². The summed E-state index contributed by atoms with van der Waals surface area (Å²) in [6.45, 7) is 0. The fraction of sp³-hybridized carbons (Fsp3) is 0. The van der Waals surface area contributed by atoms with Gasteiger partial charge in [0.1, 0.15) is 11.5 Å². The normalized spacial score (nSPS) is 10.7. The van der Waals surface area contributed by atoms with E-state index >= 15 is 0 Å². The second kappa shape index (κ2) is 4.86. The van der Waals surface area contributed by atoms with Crippen LogP contribution in [-0.2, 0) is 0 Å². The number of pyridine rings is 2. The van der Waals surface area contributed by atoms with Crippen molar-refractivity contribution in [3.63, 3.8) is 0 Å². The van der Waals surface area contributed by atoms with E-state index in [0.717, 1.165) is 6.20 Å². The summed E-state index contributed by atoms with van der Waals surface area (Å²) in [5, 5.41) is 2.97. The third kappa shape index (κ3) is 2.30. The van der Waals surface area contributed by atoms with Gasteiger partial charge in [-0.3, -0.25) is 0 Å². The largest absolute Gasteiger partial charge is 0.362 e. The first-order valence-corrected chi connectivity index (χ1v) is 5.94. The van der Waals surface area contributed by atoms with Gasteiger partial charge in [-0.05, 0) is 24.3 Å². The Morgan fingerprint density at radius 3 is 2.65 bits per heavy atom. The van der Waals surface area contributed by atoms with Crippen LogP contribution in [0.2, 0.25) is 5.02 Å². The average Bonchev–Trinajstić information content (AvgIpc) is 2.82. The van der Waals surface area contributed by atoms with Gasteiger partial charge in [0, 0.05) is 6.20 Å². The molecule has 3 aromatic heterocycles. The molecule has 0 aliphatic rings. The molecule has 3 heterocycles. The van der Waals surface area contributed by atoms with Crippen LogP contribution in [0, 0.1) is 5.82 Å². The first-order chi connectivity index (χ1) is 9.63. The molecule has 3 aromatic rings. The molecule has 0 amide bonds. The summed E-state index contributed by atoms with van der Waals surface area (Å²) in [6.07, 6.45) is 2.49. The predicted octanol–water partition coefficient (Wildman–Crippen LogP) is 1.81. The molecule has 0 atom stereocenters. The summed E-state index contributed by atoms with van der Waals surface area (Å²) >= 11 is 5.77. The molecule has 0 unspecified atom stereocenters. The molecule has 0 aliphatic heterocycles. The molecule has 20 heavy (non-hydrogen) atoms. The number of aromatic nitrogens is 5. The number of H-pyrrole nitrogens is 1. The summed E-state index contributed by atoms with van der Waals surface area (Å²) in [5.41, 5.74) is -0.204. The first-order valence-electron chi connectivity index (χ1n) is 5.56. The quantitative estimate of drug-likeness (QED) is 0.781. The van der Waals surface area contributed by atoms with Gasteiger partial charge in [-0.2, -0.15) is 4.98 Å². The third-order valence-electron chi connectivity index (χ3n) is 2.52. The minimum absolute atomic E-state index is 0.241. The van der Waals surface area contributed by atoms with Crippen molar-refractivity contribution in [2.45, 2.75) is 0 Å². The van der Waals surface area contributed by atoms with Crippen LogP contribution < -0.4 is 5.69 Å². The highest BCUT2D eigenvalue weighted by atomic mass is 35.5. The third-order valence-corrected chi connectivity index (χ3v) is 2.75. The smallest absolute Gasteiger partial charge is 0.250 e. The van der Waals surface area contributed by atoms with Gasteiger partial charge in [0.05, 0.1) is 11.2 Å². The van der Waals surface area contributed by atoms with E-state index in [9.17, 15) is 9.18 Å². The number of hydrogen-bond donors (Lipinski definition) is 1. The van der Waals surface area contributed by atoms with E-state index < -0.39 is 11.5 Å². The molecule has 3 rings (SSSR count). The minimum Gasteiger partial charge on any atom is -0.250 e. The average molecular weight is 292 g/mol. The molecule has 0 aliphatic carbocycles. The highest BCUT2D eigenvalue weighted by Crippen LogP contribution is 2.16. The van der Waals surface area contributed by atoms with Crippen molar-refractivity contribution in [3.8, 4) is 17.3 Å². The zero-order valence-electron chi connectivity index (χ0n) is 9.92. The molecular formula is C12H7ClFN5O. The van der Waals surface area contributed by atoms with Gasteiger partial charge >= 0.3 is 5.69 Å². The molecule has 0 fully saturated rings. The summed E-state index contributed by atoms with van der Waals surface area (Å²) in [7, 11) is 0. The molecule has 8 heteroatoms. The maximum atomic E-state index is 12.9. The van der Waals surface area contributed by atoms with Crippen molar-refractivity contribution in [2.24, 2.45) is 0 Å². The lowest BCUT2D eigenvalue weighted by molar-refractivity contribution is 0.621. The fourth-order valence-corrected chi connectivity index (χ4v) is 1.78. The summed E-state index contributed by atoms with van der Waals surface area (Å²) in [6, 6.07) is 5.91. The Morgan fingerprint density at radius 1 is 1.15 bits per heavy atom. The van der Waals surface area contributed by atoms with Crippen LogP contribution in [0.3, 0.4) is 0 Å². The van der Waals surface area contributed by atoms with Gasteiger partial charge in [0.15, 0.2) is 11.6 Å². The Balaban J connectivity index is 2.15. The standard InChI is InChI=1S/C12H7ClFN5O/c13-7-1-4-10(16-5-7)19-11(17-12(20)18-19)9-3-2-8(14)6-15-9/h1-6H,(H,18,20). The van der Waals surface area contributed by atoms with Gasteiger partial charge in [-0.1, -0.05) is 11.6 Å². The Labute approximate surface area is 116 Å². The van der Waals surface area contributed by atoms with E-state index in [4.69, 9.17) is 11.6 Å². The zero-order chi connectivity index (χ0) is 14.1. The van der Waals surface area contributed by atoms with Gasteiger partial charge in [-0.25, -0.2) is 28.9 Å². The van der Waals surface area contributed by atoms with Crippen LogP contribution in [0.1, 0.15) is 0 Å². The summed E-state index contributed by atoms with van der Waals surface area (Å²) in [4.78, 5) is 23.2. The molecule has 0 spiro atoms. The Morgan fingerprint density at radius 2 is 2.00 bits per heavy atom. The van der Waals surface area contributed by atoms with E-state index in [0.29, 0.717) is 16.5 Å². The minimum atomic E-state index is -0.553. The summed E-state index contributed by atoms with van der Waals surface area (Å²) in [5.74, 6) is 0.192. The molecule has 0 aromatic carbocycles. The SMILES string of the molecule is O=c1nc(-c2ccc(F)cn2)n(-c2ccc(Cl)cn2)[nH]1. The Bertz CT molecular complexity index is 728. The number of halogens is 2. The maximum absolute atomic E-state index is 12.9. The van der Waals surface area contributed by atoms with Gasteiger partial charge in [0.25, 0.3) is 0 Å². The molecule has 0 bridgehead atoms. The number of rotatable bonds is 2. The number of nitrogens with one attached hydrogen (secondary N) is 1. The van der Waals surface area contributed by atoms with E-state index in [1.807, 2.05) is 0 Å². The van der Waals surface area contributed by atoms with Crippen molar-refractivity contribution in [2.75, 3.05) is 0 Å². The maximum Gasteiger partial charge on any atom is 0.362 e. The lowest BCUT2D eigenvalue weighted by Gasteiger charge is -2.05. The van der Waals surface area contributed by atoms with Gasteiger partial charge in [-0.15, -0.1) is 0 Å². The first kappa shape index (κ1) is 12.5. The van der Waals surface area contributed by atoms with Crippen LogP contribution in [0.5, 0.6) is 0 Å². The van der Waals surface area contributed by atoms with Crippen LogP contribution in [0.4, 0.5) is 4.39 Å². The highest BCUT2D eigenvalue weighted by molar-refractivity contribution is 6.30. The molecular weight excluding hydrogens is 285 g/mol. The molecule has 0 radical (unpaired) electrons. The van der Waals surface area contributed by atoms with Gasteiger partial charge < -0.3 is 0 Å². The Kier molecular flexibility index (Phi) is 3.03. The van der Waals surface area contributed by atoms with E-state index in [1.165, 1.54) is 23.0 Å². The van der Waals surface area contributed by atoms with Crippen molar-refractivity contribution in [1.82, 2.24) is 24.7 Å². The lowest BCUT2D eigenvalue weighted by atomic mass is 10.3. The van der Waals surface area contributed by atoms with E-state index in [-0.39, 0.29) is 5.82 Å². The van der Waals surface area contributed by atoms with Crippen LogP contribution in [0.25, 0.3) is 17.3 Å². The van der Waals surface area contributed by atoms with E-state index in [1.54, 1.807) is 12.1 Å². The number of aromatic amines is 1. The van der Waals surface area contributed by atoms with Crippen molar-refractivity contribution >= 4 is 11.6 Å². The topological polar surface area (TPSA) is 76.5 Å². The number of hydrogen-bond acceptors (Lipinski definition) is 4. The van der Waals surface area contributed by atoms with Crippen molar-refractivity contribution in [1.29, 1.82) is 0 Å². The zero-order valence-corrected chi connectivity index (χ0v) is 10.7. The highest BCUT2D eigenvalue weighted by Gasteiger charge is 2.12. The lowest BCUT2D eigenvalue weighted by Crippen LogP contribution is -2.06. The Hall–Kier alpha value is -2.54. The molecule has 1 N–H and O–H groups in total.